The SMILES string of the molecule is CCn1nc(C)c(Br)c1CN(C)Cc1cccc(Cl)c1. The molecule has 0 aliphatic carbocycles. The van der Waals surface area contributed by atoms with Crippen molar-refractivity contribution in [3.8, 4) is 0 Å². The zero-order valence-electron chi connectivity index (χ0n) is 12.0. The third kappa shape index (κ3) is 3.62. The Labute approximate surface area is 133 Å². The molecule has 5 heteroatoms. The van der Waals surface area contributed by atoms with Gasteiger partial charge in [-0.1, -0.05) is 23.7 Å². The first kappa shape index (κ1) is 15.5. The molecule has 108 valence electrons. The fraction of sp³-hybridized carbons (Fsp3) is 0.400. The summed E-state index contributed by atoms with van der Waals surface area (Å²) in [5, 5.41) is 5.31. The van der Waals surface area contributed by atoms with Gasteiger partial charge in [-0.25, -0.2) is 0 Å². The van der Waals surface area contributed by atoms with Gasteiger partial charge in [-0.05, 0) is 54.5 Å². The van der Waals surface area contributed by atoms with Crippen LogP contribution < -0.4 is 0 Å². The monoisotopic (exact) mass is 355 g/mol. The van der Waals surface area contributed by atoms with E-state index in [-0.39, 0.29) is 0 Å². The van der Waals surface area contributed by atoms with Crippen molar-refractivity contribution in [1.82, 2.24) is 14.7 Å². The van der Waals surface area contributed by atoms with E-state index in [4.69, 9.17) is 11.6 Å². The van der Waals surface area contributed by atoms with Crippen LogP contribution >= 0.6 is 27.5 Å². The van der Waals surface area contributed by atoms with Crippen molar-refractivity contribution in [3.63, 3.8) is 0 Å². The smallest absolute Gasteiger partial charge is 0.0739 e. The largest absolute Gasteiger partial charge is 0.296 e. The number of aromatic nitrogens is 2. The molecule has 0 saturated carbocycles. The Balaban J connectivity index is 2.10. The first-order valence-corrected chi connectivity index (χ1v) is 7.83. The summed E-state index contributed by atoms with van der Waals surface area (Å²) >= 11 is 9.66. The van der Waals surface area contributed by atoms with Crippen molar-refractivity contribution in [1.29, 1.82) is 0 Å². The van der Waals surface area contributed by atoms with Crippen LogP contribution in [-0.4, -0.2) is 21.7 Å². The number of halogens is 2. The predicted molar refractivity (Wildman–Crippen MR) is 87.0 cm³/mol. The Morgan fingerprint density at radius 2 is 2.10 bits per heavy atom. The second-order valence-electron chi connectivity index (χ2n) is 4.96. The number of nitrogens with zero attached hydrogens (tertiary/aromatic N) is 3. The van der Waals surface area contributed by atoms with Crippen molar-refractivity contribution in [3.05, 3.63) is 50.7 Å². The van der Waals surface area contributed by atoms with Crippen LogP contribution in [0, 0.1) is 6.92 Å². The molecule has 0 aliphatic rings. The number of aryl methyl sites for hydroxylation is 2. The summed E-state index contributed by atoms with van der Waals surface area (Å²) in [5.41, 5.74) is 3.47. The van der Waals surface area contributed by atoms with Gasteiger partial charge in [0.15, 0.2) is 0 Å². The molecule has 0 N–H and O–H groups in total. The Morgan fingerprint density at radius 3 is 2.75 bits per heavy atom. The van der Waals surface area contributed by atoms with Crippen LogP contribution in [0.4, 0.5) is 0 Å². The fourth-order valence-electron chi connectivity index (χ4n) is 2.28. The van der Waals surface area contributed by atoms with Gasteiger partial charge in [0.1, 0.15) is 0 Å². The van der Waals surface area contributed by atoms with Gasteiger partial charge in [0.25, 0.3) is 0 Å². The van der Waals surface area contributed by atoms with Gasteiger partial charge in [-0.2, -0.15) is 5.10 Å². The van der Waals surface area contributed by atoms with Gasteiger partial charge in [0.05, 0.1) is 15.9 Å². The van der Waals surface area contributed by atoms with Crippen LogP contribution in [0.2, 0.25) is 5.02 Å². The highest BCUT2D eigenvalue weighted by atomic mass is 79.9. The summed E-state index contributed by atoms with van der Waals surface area (Å²) in [6.07, 6.45) is 0. The lowest BCUT2D eigenvalue weighted by molar-refractivity contribution is 0.307. The van der Waals surface area contributed by atoms with E-state index in [1.54, 1.807) is 0 Å². The molecule has 0 spiro atoms. The number of benzene rings is 1. The van der Waals surface area contributed by atoms with E-state index in [1.807, 2.05) is 29.8 Å². The maximum atomic E-state index is 6.02. The number of hydrogen-bond acceptors (Lipinski definition) is 2. The molecule has 0 saturated heterocycles. The second kappa shape index (κ2) is 6.74. The lowest BCUT2D eigenvalue weighted by atomic mass is 10.2. The van der Waals surface area contributed by atoms with Gasteiger partial charge < -0.3 is 0 Å². The Kier molecular flexibility index (Phi) is 5.24. The first-order chi connectivity index (χ1) is 9.51. The van der Waals surface area contributed by atoms with Crippen molar-refractivity contribution in [2.75, 3.05) is 7.05 Å². The molecule has 0 fully saturated rings. The molecule has 0 bridgehead atoms. The third-order valence-electron chi connectivity index (χ3n) is 3.21. The molecule has 1 aromatic heterocycles. The molecule has 1 aromatic carbocycles. The average molecular weight is 357 g/mol. The van der Waals surface area contributed by atoms with E-state index in [0.29, 0.717) is 0 Å². The third-order valence-corrected chi connectivity index (χ3v) is 4.48. The van der Waals surface area contributed by atoms with E-state index in [1.165, 1.54) is 11.3 Å². The summed E-state index contributed by atoms with van der Waals surface area (Å²) in [5.74, 6) is 0. The Bertz CT molecular complexity index is 595. The molecule has 0 unspecified atom stereocenters. The fourth-order valence-corrected chi connectivity index (χ4v) is 2.90. The Hall–Kier alpha value is -0.840. The van der Waals surface area contributed by atoms with E-state index < -0.39 is 0 Å². The summed E-state index contributed by atoms with van der Waals surface area (Å²) in [6, 6.07) is 7.99. The molecule has 2 aromatic rings. The molecule has 0 radical (unpaired) electrons. The van der Waals surface area contributed by atoms with Gasteiger partial charge in [0, 0.05) is 24.7 Å². The maximum Gasteiger partial charge on any atom is 0.0739 e. The molecule has 1 heterocycles. The minimum absolute atomic E-state index is 0.784. The molecule has 0 amide bonds. The van der Waals surface area contributed by atoms with Gasteiger partial charge in [-0.15, -0.1) is 0 Å². The topological polar surface area (TPSA) is 21.1 Å². The minimum Gasteiger partial charge on any atom is -0.296 e. The number of rotatable bonds is 5. The highest BCUT2D eigenvalue weighted by molar-refractivity contribution is 9.10. The van der Waals surface area contributed by atoms with E-state index in [2.05, 4.69) is 46.0 Å². The highest BCUT2D eigenvalue weighted by Crippen LogP contribution is 2.23. The molecule has 2 rings (SSSR count). The lowest BCUT2D eigenvalue weighted by Crippen LogP contribution is -2.20. The lowest BCUT2D eigenvalue weighted by Gasteiger charge is -2.18. The predicted octanol–water partition coefficient (Wildman–Crippen LogP) is 4.26. The van der Waals surface area contributed by atoms with Crippen LogP contribution in [0.25, 0.3) is 0 Å². The minimum atomic E-state index is 0.784. The normalized spacial score (nSPS) is 11.3. The summed E-state index contributed by atoms with van der Waals surface area (Å²) < 4.78 is 3.16. The number of hydrogen-bond donors (Lipinski definition) is 0. The van der Waals surface area contributed by atoms with Crippen LogP contribution in [0.1, 0.15) is 23.9 Å². The summed E-state index contributed by atoms with van der Waals surface area (Å²) in [7, 11) is 2.11. The van der Waals surface area contributed by atoms with Crippen LogP contribution in [0.5, 0.6) is 0 Å². The van der Waals surface area contributed by atoms with E-state index >= 15 is 0 Å². The molecule has 0 aliphatic heterocycles. The highest BCUT2D eigenvalue weighted by Gasteiger charge is 2.14. The molecule has 20 heavy (non-hydrogen) atoms. The van der Waals surface area contributed by atoms with E-state index in [0.717, 1.165) is 34.8 Å². The van der Waals surface area contributed by atoms with Crippen molar-refractivity contribution in [2.45, 2.75) is 33.5 Å². The molecule has 0 atom stereocenters. The molecular weight excluding hydrogens is 338 g/mol. The summed E-state index contributed by atoms with van der Waals surface area (Å²) in [6.45, 7) is 6.73. The second-order valence-corrected chi connectivity index (χ2v) is 6.19. The van der Waals surface area contributed by atoms with Crippen molar-refractivity contribution in [2.24, 2.45) is 0 Å². The van der Waals surface area contributed by atoms with Gasteiger partial charge in [-0.3, -0.25) is 9.58 Å². The average Bonchev–Trinajstić information content (AvgIpc) is 2.66. The van der Waals surface area contributed by atoms with Gasteiger partial charge in [0.2, 0.25) is 0 Å². The van der Waals surface area contributed by atoms with E-state index in [9.17, 15) is 0 Å². The van der Waals surface area contributed by atoms with Crippen LogP contribution in [0.3, 0.4) is 0 Å². The summed E-state index contributed by atoms with van der Waals surface area (Å²) in [4.78, 5) is 2.26. The van der Waals surface area contributed by atoms with Crippen molar-refractivity contribution < 1.29 is 0 Å². The Morgan fingerprint density at radius 1 is 1.35 bits per heavy atom. The van der Waals surface area contributed by atoms with Crippen LogP contribution in [0.15, 0.2) is 28.7 Å². The molecule has 3 nitrogen and oxygen atoms in total. The van der Waals surface area contributed by atoms with Gasteiger partial charge >= 0.3 is 0 Å². The standard InChI is InChI=1S/C15H19BrClN3/c1-4-20-14(15(16)11(2)18-20)10-19(3)9-12-6-5-7-13(17)8-12/h5-8H,4,9-10H2,1-3H3. The van der Waals surface area contributed by atoms with Crippen LogP contribution in [-0.2, 0) is 19.6 Å². The zero-order chi connectivity index (χ0) is 14.7. The molecular formula is C15H19BrClN3. The first-order valence-electron chi connectivity index (χ1n) is 6.66. The maximum absolute atomic E-state index is 6.02. The van der Waals surface area contributed by atoms with Crippen molar-refractivity contribution >= 4 is 27.5 Å². The zero-order valence-corrected chi connectivity index (χ0v) is 14.4. The quantitative estimate of drug-likeness (QED) is 0.798.